The lowest BCUT2D eigenvalue weighted by Gasteiger charge is -2.20. The minimum atomic E-state index is -4.53. The third-order valence-electron chi connectivity index (χ3n) is 9.16. The Kier molecular flexibility index (Phi) is 41.9. The molecule has 0 aromatic rings. The van der Waals surface area contributed by atoms with Gasteiger partial charge in [0.2, 0.25) is 0 Å². The minimum absolute atomic E-state index is 0.0299. The summed E-state index contributed by atoms with van der Waals surface area (Å²) in [5, 5.41) is 18.4. The van der Waals surface area contributed by atoms with E-state index in [0.717, 1.165) is 70.6 Å². The van der Waals surface area contributed by atoms with E-state index in [-0.39, 0.29) is 13.0 Å². The zero-order valence-corrected chi connectivity index (χ0v) is 36.9. The van der Waals surface area contributed by atoms with Crippen LogP contribution in [0.4, 0.5) is 0 Å². The smallest absolute Gasteiger partial charge is 0.457 e. The van der Waals surface area contributed by atoms with Gasteiger partial charge in [0.15, 0.2) is 0 Å². The van der Waals surface area contributed by atoms with Gasteiger partial charge in [0.05, 0.1) is 26.4 Å². The highest BCUT2D eigenvalue weighted by Gasteiger charge is 2.26. The highest BCUT2D eigenvalue weighted by Crippen LogP contribution is 2.43. The first-order valence-corrected chi connectivity index (χ1v) is 23.9. The van der Waals surface area contributed by atoms with Gasteiger partial charge in [0, 0.05) is 13.0 Å². The predicted molar refractivity (Wildman–Crippen MR) is 237 cm³/mol. The van der Waals surface area contributed by atoms with Gasteiger partial charge in [0.1, 0.15) is 12.2 Å². The number of esters is 1. The molecule has 10 heteroatoms. The number of allylic oxidation sites excluding steroid dienone is 12. The van der Waals surface area contributed by atoms with Crippen molar-refractivity contribution in [1.82, 2.24) is 0 Å². The molecule has 0 rings (SSSR count). The summed E-state index contributed by atoms with van der Waals surface area (Å²) >= 11 is 0. The number of ether oxygens (including phenoxy) is 2. The molecule has 330 valence electrons. The van der Waals surface area contributed by atoms with E-state index in [9.17, 15) is 19.4 Å². The van der Waals surface area contributed by atoms with Gasteiger partial charge in [-0.25, -0.2) is 4.57 Å². The Hall–Kier alpha value is -2.10. The topological polar surface area (TPSA) is 132 Å². The maximum Gasteiger partial charge on any atom is 0.472 e. The van der Waals surface area contributed by atoms with Crippen LogP contribution in [0, 0.1) is 0 Å². The number of aliphatic hydroxyl groups is 2. The number of hydrogen-bond donors (Lipinski definition) is 3. The lowest BCUT2D eigenvalue weighted by Crippen LogP contribution is -2.29. The molecule has 0 bridgehead atoms. The molecule has 0 fully saturated rings. The van der Waals surface area contributed by atoms with Crippen LogP contribution in [0.3, 0.4) is 0 Å². The fraction of sp³-hybridized carbons (Fsp3) is 0.723. The van der Waals surface area contributed by atoms with Gasteiger partial charge in [0.25, 0.3) is 0 Å². The Labute approximate surface area is 348 Å². The van der Waals surface area contributed by atoms with E-state index in [1.165, 1.54) is 77.0 Å². The van der Waals surface area contributed by atoms with Crippen molar-refractivity contribution in [3.05, 3.63) is 72.9 Å². The Balaban J connectivity index is 4.26. The van der Waals surface area contributed by atoms with Gasteiger partial charge < -0.3 is 24.6 Å². The summed E-state index contributed by atoms with van der Waals surface area (Å²) in [5.74, 6) is -0.425. The molecule has 0 aromatic heterocycles. The normalized spacial score (nSPS) is 14.7. The van der Waals surface area contributed by atoms with E-state index in [1.807, 2.05) is 0 Å². The van der Waals surface area contributed by atoms with Crippen LogP contribution in [-0.4, -0.2) is 66.3 Å². The van der Waals surface area contributed by atoms with E-state index in [4.69, 9.17) is 23.6 Å². The first kappa shape index (κ1) is 54.9. The van der Waals surface area contributed by atoms with Gasteiger partial charge in [-0.05, 0) is 64.2 Å². The van der Waals surface area contributed by atoms with Crippen molar-refractivity contribution >= 4 is 13.8 Å². The molecule has 0 heterocycles. The fourth-order valence-electron chi connectivity index (χ4n) is 5.77. The number of unbranched alkanes of at least 4 members (excludes halogenated alkanes) is 16. The molecule has 3 atom stereocenters. The first-order chi connectivity index (χ1) is 27.8. The third-order valence-corrected chi connectivity index (χ3v) is 10.1. The molecule has 0 aromatic carbocycles. The second-order valence-electron chi connectivity index (χ2n) is 14.7. The quantitative estimate of drug-likeness (QED) is 0.0238. The van der Waals surface area contributed by atoms with E-state index in [2.05, 4.69) is 86.8 Å². The SMILES string of the molecule is CC/C=C\C/C=C\C/C=C\C/C=C\C/C=C\C/C=C\CCCCC(=O)OC(COCCCCCCCCCCCCCCCCC)COP(=O)(O)OCC(O)CO. The van der Waals surface area contributed by atoms with Crippen molar-refractivity contribution in [3.8, 4) is 0 Å². The fourth-order valence-corrected chi connectivity index (χ4v) is 6.56. The highest BCUT2D eigenvalue weighted by atomic mass is 31.2. The summed E-state index contributed by atoms with van der Waals surface area (Å²) in [7, 11) is -4.53. The van der Waals surface area contributed by atoms with Crippen LogP contribution < -0.4 is 0 Å². The van der Waals surface area contributed by atoms with Gasteiger partial charge in [-0.15, -0.1) is 0 Å². The molecule has 0 spiro atoms. The summed E-state index contributed by atoms with van der Waals surface area (Å²) in [5.41, 5.74) is 0. The summed E-state index contributed by atoms with van der Waals surface area (Å²) in [6.45, 7) is 3.35. The largest absolute Gasteiger partial charge is 0.472 e. The maximum absolute atomic E-state index is 12.6. The van der Waals surface area contributed by atoms with Crippen molar-refractivity contribution in [2.75, 3.05) is 33.0 Å². The molecule has 0 saturated carbocycles. The van der Waals surface area contributed by atoms with Crippen LogP contribution in [0.5, 0.6) is 0 Å². The lowest BCUT2D eigenvalue weighted by atomic mass is 10.0. The molecule has 0 saturated heterocycles. The van der Waals surface area contributed by atoms with Crippen molar-refractivity contribution in [3.63, 3.8) is 0 Å². The molecular weight excluding hydrogens is 739 g/mol. The number of carbonyl (C=O) groups excluding carboxylic acids is 1. The molecule has 9 nitrogen and oxygen atoms in total. The van der Waals surface area contributed by atoms with Crippen molar-refractivity contribution in [2.24, 2.45) is 0 Å². The van der Waals surface area contributed by atoms with Crippen molar-refractivity contribution < 1.29 is 43.0 Å². The molecule has 57 heavy (non-hydrogen) atoms. The predicted octanol–water partition coefficient (Wildman–Crippen LogP) is 12.5. The molecule has 0 aliphatic carbocycles. The average Bonchev–Trinajstić information content (AvgIpc) is 3.20. The van der Waals surface area contributed by atoms with Crippen molar-refractivity contribution in [2.45, 2.75) is 187 Å². The van der Waals surface area contributed by atoms with Gasteiger partial charge >= 0.3 is 13.8 Å². The van der Waals surface area contributed by atoms with Crippen molar-refractivity contribution in [1.29, 1.82) is 0 Å². The second-order valence-corrected chi connectivity index (χ2v) is 16.1. The van der Waals surface area contributed by atoms with Crippen LogP contribution >= 0.6 is 7.82 Å². The first-order valence-electron chi connectivity index (χ1n) is 22.4. The molecule has 0 aliphatic heterocycles. The summed E-state index contributed by atoms with van der Waals surface area (Å²) < 4.78 is 33.3. The highest BCUT2D eigenvalue weighted by molar-refractivity contribution is 7.47. The van der Waals surface area contributed by atoms with Crippen LogP contribution in [0.2, 0.25) is 0 Å². The van der Waals surface area contributed by atoms with Gasteiger partial charge in [-0.2, -0.15) is 0 Å². The van der Waals surface area contributed by atoms with Crippen LogP contribution in [-0.2, 0) is 27.9 Å². The van der Waals surface area contributed by atoms with Gasteiger partial charge in [-0.3, -0.25) is 13.8 Å². The molecular formula is C47H83O9P. The molecule has 0 aliphatic rings. The summed E-state index contributed by atoms with van der Waals surface area (Å²) in [6.07, 6.45) is 51.5. The molecule has 0 radical (unpaired) electrons. The van der Waals surface area contributed by atoms with Crippen LogP contribution in [0.25, 0.3) is 0 Å². The van der Waals surface area contributed by atoms with Gasteiger partial charge in [-0.1, -0.05) is 177 Å². The lowest BCUT2D eigenvalue weighted by molar-refractivity contribution is -0.154. The number of phosphoric ester groups is 1. The van der Waals surface area contributed by atoms with Crippen LogP contribution in [0.15, 0.2) is 72.9 Å². The number of hydrogen-bond acceptors (Lipinski definition) is 8. The zero-order valence-electron chi connectivity index (χ0n) is 36.0. The second kappa shape index (κ2) is 43.5. The Morgan fingerprint density at radius 1 is 0.561 bits per heavy atom. The zero-order chi connectivity index (χ0) is 41.8. The monoisotopic (exact) mass is 823 g/mol. The number of aliphatic hydroxyl groups excluding tert-OH is 2. The van der Waals surface area contributed by atoms with Crippen LogP contribution in [0.1, 0.15) is 174 Å². The summed E-state index contributed by atoms with van der Waals surface area (Å²) in [4.78, 5) is 22.6. The van der Waals surface area contributed by atoms with E-state index >= 15 is 0 Å². The summed E-state index contributed by atoms with van der Waals surface area (Å²) in [6, 6.07) is 0. The van der Waals surface area contributed by atoms with E-state index in [0.29, 0.717) is 13.0 Å². The minimum Gasteiger partial charge on any atom is -0.457 e. The van der Waals surface area contributed by atoms with E-state index < -0.39 is 45.8 Å². The molecule has 0 amide bonds. The Bertz CT molecular complexity index is 1110. The average molecular weight is 823 g/mol. The Morgan fingerprint density at radius 3 is 1.47 bits per heavy atom. The number of carbonyl (C=O) groups is 1. The maximum atomic E-state index is 12.6. The number of phosphoric acid groups is 1. The standard InChI is InChI=1S/C47H83O9P/c1-3-5-7-9-11-13-15-17-19-20-21-22-23-24-25-27-29-31-33-35-37-39-47(50)56-46(44-55-57(51,52)54-42-45(49)41-48)43-53-40-38-36-34-32-30-28-26-18-16-14-12-10-8-6-4-2/h5,7,11,13,17,19,21-22,24-25,29,31,45-46,48-49H,3-4,6,8-10,12,14-16,18,20,23,26-28,30,32-44H2,1-2H3,(H,51,52)/b7-5-,13-11-,19-17-,22-21-,25-24-,31-29-. The number of rotatable bonds is 42. The molecule has 3 unspecified atom stereocenters. The third kappa shape index (κ3) is 43.3. The van der Waals surface area contributed by atoms with E-state index in [1.54, 1.807) is 0 Å². The molecule has 3 N–H and O–H groups in total. The Morgan fingerprint density at radius 2 is 1.00 bits per heavy atom.